The summed E-state index contributed by atoms with van der Waals surface area (Å²) in [6, 6.07) is 10.8. The summed E-state index contributed by atoms with van der Waals surface area (Å²) in [6.45, 7) is 4.25. The van der Waals surface area contributed by atoms with Crippen molar-refractivity contribution in [2.24, 2.45) is 11.3 Å². The second-order valence-electron chi connectivity index (χ2n) is 8.19. The van der Waals surface area contributed by atoms with Gasteiger partial charge in [-0.1, -0.05) is 26.0 Å². The number of benzene rings is 1. The summed E-state index contributed by atoms with van der Waals surface area (Å²) in [5.41, 5.74) is 1.54. The lowest BCUT2D eigenvalue weighted by molar-refractivity contribution is -0.129. The Morgan fingerprint density at radius 3 is 2.78 bits per heavy atom. The van der Waals surface area contributed by atoms with Gasteiger partial charge < -0.3 is 9.73 Å². The average Bonchev–Trinajstić information content (AvgIpc) is 3.09. The quantitative estimate of drug-likeness (QED) is 0.766. The minimum atomic E-state index is -0.482. The third-order valence-electron chi connectivity index (χ3n) is 5.59. The first kappa shape index (κ1) is 18.2. The van der Waals surface area contributed by atoms with Gasteiger partial charge in [-0.15, -0.1) is 0 Å². The SMILES string of the molecule is CC1(C)CC(=O)[C@@H]2[C@@H](C1)Nc1ccccc1N(C(=O)CS)[C@H]2c1ccco1. The van der Waals surface area contributed by atoms with Gasteiger partial charge in [-0.3, -0.25) is 14.5 Å². The number of carbonyl (C=O) groups is 2. The molecule has 0 spiro atoms. The molecule has 0 radical (unpaired) electrons. The third kappa shape index (κ3) is 3.16. The van der Waals surface area contributed by atoms with Crippen molar-refractivity contribution in [3.8, 4) is 0 Å². The Morgan fingerprint density at radius 1 is 1.30 bits per heavy atom. The van der Waals surface area contributed by atoms with Gasteiger partial charge in [-0.25, -0.2) is 0 Å². The van der Waals surface area contributed by atoms with E-state index in [4.69, 9.17) is 4.42 Å². The summed E-state index contributed by atoms with van der Waals surface area (Å²) in [5, 5.41) is 3.57. The van der Waals surface area contributed by atoms with E-state index in [2.05, 4.69) is 31.8 Å². The summed E-state index contributed by atoms with van der Waals surface area (Å²) in [4.78, 5) is 27.9. The fraction of sp³-hybridized carbons (Fsp3) is 0.429. The Bertz CT molecular complexity index is 862. The van der Waals surface area contributed by atoms with Crippen molar-refractivity contribution >= 4 is 35.7 Å². The molecule has 0 unspecified atom stereocenters. The Kier molecular flexibility index (Phi) is 4.54. The second-order valence-corrected chi connectivity index (χ2v) is 8.50. The number of hydrogen-bond donors (Lipinski definition) is 2. The molecule has 1 amide bonds. The molecule has 2 aromatic rings. The zero-order chi connectivity index (χ0) is 19.2. The van der Waals surface area contributed by atoms with Crippen LogP contribution in [0.2, 0.25) is 0 Å². The molecule has 4 rings (SSSR count). The van der Waals surface area contributed by atoms with Crippen LogP contribution in [-0.4, -0.2) is 23.5 Å². The van der Waals surface area contributed by atoms with Gasteiger partial charge in [-0.05, 0) is 36.1 Å². The van der Waals surface area contributed by atoms with E-state index in [9.17, 15) is 9.59 Å². The second kappa shape index (κ2) is 6.75. The summed E-state index contributed by atoms with van der Waals surface area (Å²) < 4.78 is 5.72. The zero-order valence-electron chi connectivity index (χ0n) is 15.5. The number of Topliss-reactive ketones (excluding diaryl/α,β-unsaturated/α-hetero) is 1. The molecule has 1 aromatic heterocycles. The summed E-state index contributed by atoms with van der Waals surface area (Å²) in [7, 11) is 0. The Balaban J connectivity index is 1.92. The molecule has 1 aliphatic heterocycles. The molecule has 5 nitrogen and oxygen atoms in total. The van der Waals surface area contributed by atoms with Crippen LogP contribution in [0.3, 0.4) is 0 Å². The molecule has 1 aliphatic carbocycles. The van der Waals surface area contributed by atoms with Gasteiger partial charge in [0.25, 0.3) is 0 Å². The predicted octanol–water partition coefficient (Wildman–Crippen LogP) is 4.08. The lowest BCUT2D eigenvalue weighted by atomic mass is 9.67. The predicted molar refractivity (Wildman–Crippen MR) is 108 cm³/mol. The monoisotopic (exact) mass is 384 g/mol. The molecule has 2 aliphatic rings. The van der Waals surface area contributed by atoms with E-state index in [-0.39, 0.29) is 34.8 Å². The van der Waals surface area contributed by atoms with Gasteiger partial charge in [0.05, 0.1) is 29.3 Å². The maximum Gasteiger partial charge on any atom is 0.237 e. The van der Waals surface area contributed by atoms with Crippen molar-refractivity contribution in [2.45, 2.75) is 38.8 Å². The number of para-hydroxylation sites is 2. The molecular formula is C21H24N2O3S. The molecule has 1 N–H and O–H groups in total. The van der Waals surface area contributed by atoms with E-state index >= 15 is 0 Å². The van der Waals surface area contributed by atoms with Gasteiger partial charge in [0, 0.05) is 12.5 Å². The van der Waals surface area contributed by atoms with Crippen molar-refractivity contribution in [1.29, 1.82) is 0 Å². The van der Waals surface area contributed by atoms with Gasteiger partial charge >= 0.3 is 0 Å². The van der Waals surface area contributed by atoms with E-state index in [1.807, 2.05) is 30.3 Å². The fourth-order valence-corrected chi connectivity index (χ4v) is 4.74. The highest BCUT2D eigenvalue weighted by atomic mass is 32.1. The van der Waals surface area contributed by atoms with Crippen LogP contribution < -0.4 is 10.2 Å². The molecule has 3 atom stereocenters. The van der Waals surface area contributed by atoms with Crippen LogP contribution in [0.1, 0.15) is 38.5 Å². The number of ketones is 1. The van der Waals surface area contributed by atoms with Gasteiger partial charge in [-0.2, -0.15) is 12.6 Å². The third-order valence-corrected chi connectivity index (χ3v) is 5.86. The first-order chi connectivity index (χ1) is 12.9. The maximum atomic E-state index is 13.3. The van der Waals surface area contributed by atoms with Crippen LogP contribution in [0.4, 0.5) is 11.4 Å². The molecule has 142 valence electrons. The van der Waals surface area contributed by atoms with Gasteiger partial charge in [0.15, 0.2) is 0 Å². The number of fused-ring (bicyclic) bond motifs is 2. The number of thiol groups is 1. The van der Waals surface area contributed by atoms with E-state index in [0.29, 0.717) is 12.2 Å². The van der Waals surface area contributed by atoms with E-state index < -0.39 is 6.04 Å². The van der Waals surface area contributed by atoms with Gasteiger partial charge in [0.1, 0.15) is 17.6 Å². The number of amides is 1. The van der Waals surface area contributed by atoms with Crippen LogP contribution in [0.25, 0.3) is 0 Å². The summed E-state index contributed by atoms with van der Waals surface area (Å²) >= 11 is 4.23. The number of nitrogens with zero attached hydrogens (tertiary/aromatic N) is 1. The highest BCUT2D eigenvalue weighted by Crippen LogP contribution is 2.49. The summed E-state index contributed by atoms with van der Waals surface area (Å²) in [5.74, 6) is 0.331. The van der Waals surface area contributed by atoms with Crippen molar-refractivity contribution in [3.05, 3.63) is 48.4 Å². The molecule has 1 saturated carbocycles. The smallest absolute Gasteiger partial charge is 0.237 e. The van der Waals surface area contributed by atoms with Crippen LogP contribution in [0.5, 0.6) is 0 Å². The average molecular weight is 385 g/mol. The fourth-order valence-electron chi connectivity index (χ4n) is 4.59. The molecule has 0 bridgehead atoms. The first-order valence-electron chi connectivity index (χ1n) is 9.26. The van der Waals surface area contributed by atoms with Crippen molar-refractivity contribution in [2.75, 3.05) is 16.0 Å². The van der Waals surface area contributed by atoms with E-state index in [1.165, 1.54) is 0 Å². The van der Waals surface area contributed by atoms with E-state index in [0.717, 1.165) is 17.8 Å². The molecule has 2 heterocycles. The minimum absolute atomic E-state index is 0.0581. The Hall–Kier alpha value is -2.21. The first-order valence-corrected chi connectivity index (χ1v) is 9.89. The molecule has 1 fully saturated rings. The zero-order valence-corrected chi connectivity index (χ0v) is 16.4. The molecule has 1 aromatic carbocycles. The lowest BCUT2D eigenvalue weighted by Gasteiger charge is -2.43. The van der Waals surface area contributed by atoms with Gasteiger partial charge in [0.2, 0.25) is 5.91 Å². The van der Waals surface area contributed by atoms with E-state index in [1.54, 1.807) is 17.2 Å². The van der Waals surface area contributed by atoms with Crippen LogP contribution in [0.15, 0.2) is 47.1 Å². The Morgan fingerprint density at radius 2 is 2.07 bits per heavy atom. The van der Waals surface area contributed by atoms with Crippen molar-refractivity contribution < 1.29 is 14.0 Å². The summed E-state index contributed by atoms with van der Waals surface area (Å²) in [6.07, 6.45) is 2.93. The largest absolute Gasteiger partial charge is 0.467 e. The van der Waals surface area contributed by atoms with Crippen LogP contribution >= 0.6 is 12.6 Å². The normalized spacial score (nSPS) is 26.6. The number of anilines is 2. The highest BCUT2D eigenvalue weighted by molar-refractivity contribution is 7.81. The number of rotatable bonds is 2. The number of furan rings is 1. The number of hydrogen-bond acceptors (Lipinski definition) is 5. The molecule has 6 heteroatoms. The molecular weight excluding hydrogens is 360 g/mol. The topological polar surface area (TPSA) is 62.6 Å². The van der Waals surface area contributed by atoms with Crippen LogP contribution in [0, 0.1) is 11.3 Å². The Labute approximate surface area is 164 Å². The number of carbonyl (C=O) groups excluding carboxylic acids is 2. The molecule has 0 saturated heterocycles. The minimum Gasteiger partial charge on any atom is -0.467 e. The lowest BCUT2D eigenvalue weighted by Crippen LogP contribution is -2.50. The van der Waals surface area contributed by atoms with Crippen molar-refractivity contribution in [1.82, 2.24) is 0 Å². The van der Waals surface area contributed by atoms with Crippen molar-refractivity contribution in [3.63, 3.8) is 0 Å². The highest BCUT2D eigenvalue weighted by Gasteiger charge is 2.50. The number of nitrogens with one attached hydrogen (secondary N) is 1. The standard InChI is InChI=1S/C21H24N2O3S/c1-21(2)10-14-19(16(24)11-21)20(17-8-5-9-26-17)23(18(25)12-27)15-7-4-3-6-13(15)22-14/h3-9,14,19-20,22,27H,10-12H2,1-2H3/t14-,19+,20+/m1/s1. The molecule has 27 heavy (non-hydrogen) atoms. The van der Waals surface area contributed by atoms with Crippen LogP contribution in [-0.2, 0) is 9.59 Å². The maximum absolute atomic E-state index is 13.3.